The number of thioether (sulfide) groups is 1. The minimum absolute atomic E-state index is 0.421. The normalized spacial score (nSPS) is 16.3. The highest BCUT2D eigenvalue weighted by atomic mass is 35.5. The van der Waals surface area contributed by atoms with E-state index in [-0.39, 0.29) is 0 Å². The first-order valence-corrected chi connectivity index (χ1v) is 10.7. The maximum absolute atomic E-state index is 6.11. The SMILES string of the molecule is Cc1cc(OCc2cnc(SC3C=CCCC3)n2-c2cccnc2)ccc1Cl. The summed E-state index contributed by atoms with van der Waals surface area (Å²) in [4.78, 5) is 8.98. The zero-order chi connectivity index (χ0) is 19.3. The topological polar surface area (TPSA) is 39.9 Å². The van der Waals surface area contributed by atoms with E-state index in [1.165, 1.54) is 19.3 Å². The van der Waals surface area contributed by atoms with Gasteiger partial charge in [0.1, 0.15) is 12.4 Å². The molecule has 28 heavy (non-hydrogen) atoms. The Balaban J connectivity index is 1.60. The number of ether oxygens (including phenoxy) is 1. The summed E-state index contributed by atoms with van der Waals surface area (Å²) in [6.45, 7) is 2.39. The van der Waals surface area contributed by atoms with Crippen LogP contribution in [0.3, 0.4) is 0 Å². The fourth-order valence-corrected chi connectivity index (χ4v) is 4.50. The molecule has 0 N–H and O–H groups in total. The van der Waals surface area contributed by atoms with Crippen LogP contribution in [0.1, 0.15) is 30.5 Å². The molecule has 1 aliphatic rings. The van der Waals surface area contributed by atoms with Crippen LogP contribution in [-0.2, 0) is 6.61 Å². The minimum atomic E-state index is 0.421. The third kappa shape index (κ3) is 4.42. The largest absolute Gasteiger partial charge is 0.487 e. The van der Waals surface area contributed by atoms with Crippen LogP contribution in [0.4, 0.5) is 0 Å². The molecule has 0 saturated carbocycles. The Bertz CT molecular complexity index is 971. The monoisotopic (exact) mass is 411 g/mol. The summed E-state index contributed by atoms with van der Waals surface area (Å²) in [6, 6.07) is 9.70. The van der Waals surface area contributed by atoms with Gasteiger partial charge in [0, 0.05) is 16.5 Å². The molecule has 0 saturated heterocycles. The van der Waals surface area contributed by atoms with Crippen molar-refractivity contribution in [2.45, 2.75) is 43.2 Å². The number of rotatable bonds is 6. The van der Waals surface area contributed by atoms with E-state index >= 15 is 0 Å². The standard InChI is InChI=1S/C22H22ClN3OS/c1-16-12-19(9-10-21(16)23)27-15-18-14-25-22(28-20-7-3-2-4-8-20)26(18)17-6-5-11-24-13-17/h3,5-7,9-14,20H,2,4,8,15H2,1H3. The summed E-state index contributed by atoms with van der Waals surface area (Å²) < 4.78 is 8.17. The second-order valence-electron chi connectivity index (χ2n) is 6.79. The van der Waals surface area contributed by atoms with Crippen molar-refractivity contribution in [3.63, 3.8) is 0 Å². The predicted octanol–water partition coefficient (Wildman–Crippen LogP) is 6.01. The van der Waals surface area contributed by atoms with E-state index in [9.17, 15) is 0 Å². The summed E-state index contributed by atoms with van der Waals surface area (Å²) in [5.41, 5.74) is 2.98. The van der Waals surface area contributed by atoms with Crippen LogP contribution in [0, 0.1) is 6.92 Å². The molecule has 0 bridgehead atoms. The number of benzene rings is 1. The van der Waals surface area contributed by atoms with Crippen molar-refractivity contribution < 1.29 is 4.74 Å². The fraction of sp³-hybridized carbons (Fsp3) is 0.273. The molecule has 2 heterocycles. The number of halogens is 1. The number of aromatic nitrogens is 3. The Morgan fingerprint density at radius 1 is 1.29 bits per heavy atom. The van der Waals surface area contributed by atoms with Gasteiger partial charge in [-0.2, -0.15) is 0 Å². The lowest BCUT2D eigenvalue weighted by molar-refractivity contribution is 0.298. The van der Waals surface area contributed by atoms with Gasteiger partial charge in [-0.15, -0.1) is 0 Å². The van der Waals surface area contributed by atoms with Crippen molar-refractivity contribution in [1.29, 1.82) is 0 Å². The van der Waals surface area contributed by atoms with Crippen LogP contribution >= 0.6 is 23.4 Å². The van der Waals surface area contributed by atoms with E-state index < -0.39 is 0 Å². The van der Waals surface area contributed by atoms with Crippen molar-refractivity contribution in [2.75, 3.05) is 0 Å². The van der Waals surface area contributed by atoms with Crippen LogP contribution in [0.15, 0.2) is 66.2 Å². The molecule has 0 aliphatic heterocycles. The highest BCUT2D eigenvalue weighted by Gasteiger charge is 2.18. The molecule has 0 radical (unpaired) electrons. The highest BCUT2D eigenvalue weighted by molar-refractivity contribution is 7.99. The first-order chi connectivity index (χ1) is 13.7. The summed E-state index contributed by atoms with van der Waals surface area (Å²) in [7, 11) is 0. The van der Waals surface area contributed by atoms with Gasteiger partial charge in [-0.05, 0) is 62.1 Å². The van der Waals surface area contributed by atoms with Gasteiger partial charge in [-0.25, -0.2) is 4.98 Å². The van der Waals surface area contributed by atoms with Crippen molar-refractivity contribution in [3.8, 4) is 11.4 Å². The van der Waals surface area contributed by atoms with Gasteiger partial charge in [-0.3, -0.25) is 9.55 Å². The second kappa shape index (κ2) is 8.84. The summed E-state index contributed by atoms with van der Waals surface area (Å²) in [6.07, 6.45) is 13.7. The number of pyridine rings is 1. The van der Waals surface area contributed by atoms with Crippen LogP contribution in [-0.4, -0.2) is 19.8 Å². The molecule has 6 heteroatoms. The van der Waals surface area contributed by atoms with Gasteiger partial charge in [0.15, 0.2) is 5.16 Å². The molecule has 2 aromatic heterocycles. The van der Waals surface area contributed by atoms with Gasteiger partial charge >= 0.3 is 0 Å². The number of imidazole rings is 1. The molecule has 1 aliphatic carbocycles. The molecule has 4 nitrogen and oxygen atoms in total. The summed E-state index contributed by atoms with van der Waals surface area (Å²) >= 11 is 7.91. The van der Waals surface area contributed by atoms with E-state index in [2.05, 4.69) is 21.7 Å². The molecule has 144 valence electrons. The first-order valence-electron chi connectivity index (χ1n) is 9.40. The molecular weight excluding hydrogens is 390 g/mol. The van der Waals surface area contributed by atoms with Crippen molar-refractivity contribution in [1.82, 2.24) is 14.5 Å². The first kappa shape index (κ1) is 19.1. The van der Waals surface area contributed by atoms with Crippen molar-refractivity contribution in [2.24, 2.45) is 0 Å². The Labute approximate surface area is 174 Å². The molecular formula is C22H22ClN3OS. The number of aryl methyl sites for hydroxylation is 1. The van der Waals surface area contributed by atoms with Gasteiger partial charge in [-0.1, -0.05) is 35.5 Å². The van der Waals surface area contributed by atoms with E-state index in [0.29, 0.717) is 11.9 Å². The molecule has 1 aromatic carbocycles. The second-order valence-corrected chi connectivity index (χ2v) is 8.41. The lowest BCUT2D eigenvalue weighted by atomic mass is 10.1. The van der Waals surface area contributed by atoms with E-state index in [4.69, 9.17) is 21.3 Å². The Kier molecular flexibility index (Phi) is 6.03. The predicted molar refractivity (Wildman–Crippen MR) is 115 cm³/mol. The van der Waals surface area contributed by atoms with E-state index in [0.717, 1.165) is 32.9 Å². The summed E-state index contributed by atoms with van der Waals surface area (Å²) in [5, 5.41) is 2.17. The zero-order valence-corrected chi connectivity index (χ0v) is 17.3. The Morgan fingerprint density at radius 2 is 2.21 bits per heavy atom. The number of allylic oxidation sites excluding steroid dienone is 1. The average molecular weight is 412 g/mol. The maximum Gasteiger partial charge on any atom is 0.173 e. The van der Waals surface area contributed by atoms with Crippen LogP contribution in [0.5, 0.6) is 5.75 Å². The third-order valence-corrected chi connectivity index (χ3v) is 6.31. The fourth-order valence-electron chi connectivity index (χ4n) is 3.19. The average Bonchev–Trinajstić information content (AvgIpc) is 3.12. The molecule has 1 atom stereocenters. The van der Waals surface area contributed by atoms with Crippen molar-refractivity contribution in [3.05, 3.63) is 77.4 Å². The van der Waals surface area contributed by atoms with E-state index in [1.807, 2.05) is 49.6 Å². The van der Waals surface area contributed by atoms with Crippen LogP contribution in [0.25, 0.3) is 5.69 Å². The van der Waals surface area contributed by atoms with Gasteiger partial charge in [0.2, 0.25) is 0 Å². The Morgan fingerprint density at radius 3 is 2.96 bits per heavy atom. The maximum atomic E-state index is 6.11. The molecule has 0 fully saturated rings. The number of nitrogens with zero attached hydrogens (tertiary/aromatic N) is 3. The minimum Gasteiger partial charge on any atom is -0.487 e. The van der Waals surface area contributed by atoms with Crippen LogP contribution in [0.2, 0.25) is 5.02 Å². The lowest BCUT2D eigenvalue weighted by Crippen LogP contribution is -2.08. The molecule has 1 unspecified atom stereocenters. The lowest BCUT2D eigenvalue weighted by Gasteiger charge is -2.17. The van der Waals surface area contributed by atoms with Gasteiger partial charge in [0.05, 0.1) is 23.8 Å². The quantitative estimate of drug-likeness (QED) is 0.466. The molecule has 0 amide bonds. The Hall–Kier alpha value is -2.24. The van der Waals surface area contributed by atoms with Crippen LogP contribution < -0.4 is 4.74 Å². The number of hydrogen-bond acceptors (Lipinski definition) is 4. The van der Waals surface area contributed by atoms with Gasteiger partial charge < -0.3 is 4.74 Å². The third-order valence-electron chi connectivity index (χ3n) is 4.69. The highest BCUT2D eigenvalue weighted by Crippen LogP contribution is 2.32. The summed E-state index contributed by atoms with van der Waals surface area (Å²) in [5.74, 6) is 0.797. The molecule has 0 spiro atoms. The smallest absolute Gasteiger partial charge is 0.173 e. The molecule has 3 aromatic rings. The molecule has 4 rings (SSSR count). The number of hydrogen-bond donors (Lipinski definition) is 0. The van der Waals surface area contributed by atoms with E-state index in [1.54, 1.807) is 18.0 Å². The van der Waals surface area contributed by atoms with Crippen molar-refractivity contribution >= 4 is 23.4 Å². The zero-order valence-electron chi connectivity index (χ0n) is 15.7. The van der Waals surface area contributed by atoms with Gasteiger partial charge in [0.25, 0.3) is 0 Å².